The van der Waals surface area contributed by atoms with Gasteiger partial charge in [-0.3, -0.25) is 9.80 Å². The van der Waals surface area contributed by atoms with E-state index in [0.717, 1.165) is 63.6 Å². The first-order valence-electron chi connectivity index (χ1n) is 8.98. The van der Waals surface area contributed by atoms with Gasteiger partial charge in [0.2, 0.25) is 0 Å². The predicted molar refractivity (Wildman–Crippen MR) is 97.4 cm³/mol. The van der Waals surface area contributed by atoms with E-state index in [1.54, 1.807) is 0 Å². The van der Waals surface area contributed by atoms with Crippen LogP contribution in [0.5, 0.6) is 5.75 Å². The van der Waals surface area contributed by atoms with Gasteiger partial charge < -0.3 is 4.74 Å². The summed E-state index contributed by atoms with van der Waals surface area (Å²) in [4.78, 5) is 5.03. The molecule has 2 aliphatic heterocycles. The van der Waals surface area contributed by atoms with Gasteiger partial charge in [0.15, 0.2) is 0 Å². The van der Waals surface area contributed by atoms with Crippen LogP contribution in [-0.4, -0.2) is 42.6 Å². The second kappa shape index (κ2) is 7.26. The Hall–Kier alpha value is -2.35. The highest BCUT2D eigenvalue weighted by atomic mass is 16.5. The highest BCUT2D eigenvalue weighted by molar-refractivity contribution is 5.39. The third-order valence-corrected chi connectivity index (χ3v) is 5.11. The summed E-state index contributed by atoms with van der Waals surface area (Å²) in [5.41, 5.74) is 4.76. The lowest BCUT2D eigenvalue weighted by Crippen LogP contribution is -2.45. The minimum Gasteiger partial charge on any atom is -0.493 e. The van der Waals surface area contributed by atoms with E-state index in [1.807, 2.05) is 12.1 Å². The fourth-order valence-corrected chi connectivity index (χ4v) is 3.64. The van der Waals surface area contributed by atoms with Gasteiger partial charge in [-0.1, -0.05) is 24.3 Å². The molecule has 25 heavy (non-hydrogen) atoms. The molecule has 0 aliphatic carbocycles. The molecule has 2 heterocycles. The lowest BCUT2D eigenvalue weighted by molar-refractivity contribution is 0.122. The van der Waals surface area contributed by atoms with Gasteiger partial charge >= 0.3 is 0 Å². The fourth-order valence-electron chi connectivity index (χ4n) is 3.64. The van der Waals surface area contributed by atoms with E-state index in [4.69, 9.17) is 10.00 Å². The molecule has 4 heteroatoms. The van der Waals surface area contributed by atoms with Gasteiger partial charge in [-0.05, 0) is 34.9 Å². The Morgan fingerprint density at radius 3 is 2.20 bits per heavy atom. The molecule has 2 aliphatic rings. The van der Waals surface area contributed by atoms with Crippen molar-refractivity contribution in [3.05, 3.63) is 64.7 Å². The van der Waals surface area contributed by atoms with Crippen LogP contribution in [0.15, 0.2) is 42.5 Å². The third-order valence-electron chi connectivity index (χ3n) is 5.11. The molecule has 0 amide bonds. The van der Waals surface area contributed by atoms with Crippen LogP contribution in [0.3, 0.4) is 0 Å². The topological polar surface area (TPSA) is 39.5 Å². The molecule has 0 N–H and O–H groups in total. The summed E-state index contributed by atoms with van der Waals surface area (Å²) in [5.74, 6) is 1.07. The van der Waals surface area contributed by atoms with Crippen LogP contribution in [-0.2, 0) is 19.5 Å². The molecule has 1 fully saturated rings. The van der Waals surface area contributed by atoms with Gasteiger partial charge in [-0.25, -0.2) is 0 Å². The quantitative estimate of drug-likeness (QED) is 0.862. The Morgan fingerprint density at radius 2 is 1.52 bits per heavy atom. The number of nitriles is 1. The van der Waals surface area contributed by atoms with Gasteiger partial charge in [-0.2, -0.15) is 5.26 Å². The zero-order valence-electron chi connectivity index (χ0n) is 14.4. The van der Waals surface area contributed by atoms with Crippen LogP contribution in [0.25, 0.3) is 0 Å². The normalized spacial score (nSPS) is 17.7. The van der Waals surface area contributed by atoms with Crippen LogP contribution >= 0.6 is 0 Å². The summed E-state index contributed by atoms with van der Waals surface area (Å²) in [5, 5.41) is 8.88. The minimum atomic E-state index is 0.730. The van der Waals surface area contributed by atoms with Crippen LogP contribution in [0.4, 0.5) is 0 Å². The first-order chi connectivity index (χ1) is 12.3. The summed E-state index contributed by atoms with van der Waals surface area (Å²) in [7, 11) is 0. The van der Waals surface area contributed by atoms with Crippen LogP contribution in [0.1, 0.15) is 22.3 Å². The average molecular weight is 333 g/mol. The number of rotatable bonds is 4. The third kappa shape index (κ3) is 3.84. The van der Waals surface area contributed by atoms with Crippen LogP contribution in [0.2, 0.25) is 0 Å². The Kier molecular flexibility index (Phi) is 4.69. The fraction of sp³-hybridized carbons (Fsp3) is 0.381. The molecular weight excluding hydrogens is 310 g/mol. The summed E-state index contributed by atoms with van der Waals surface area (Å²) in [6.07, 6.45) is 1.04. The van der Waals surface area contributed by atoms with Crippen molar-refractivity contribution >= 4 is 0 Å². The molecule has 128 valence electrons. The first-order valence-corrected chi connectivity index (χ1v) is 8.98. The Balaban J connectivity index is 1.28. The summed E-state index contributed by atoms with van der Waals surface area (Å²) >= 11 is 0. The number of piperazine rings is 1. The largest absolute Gasteiger partial charge is 0.493 e. The van der Waals surface area contributed by atoms with Crippen molar-refractivity contribution in [1.82, 2.24) is 9.80 Å². The molecule has 4 rings (SSSR count). The molecule has 0 bridgehead atoms. The Morgan fingerprint density at radius 1 is 0.880 bits per heavy atom. The lowest BCUT2D eigenvalue weighted by Gasteiger charge is -2.34. The zero-order valence-corrected chi connectivity index (χ0v) is 14.4. The number of ether oxygens (including phenoxy) is 1. The standard InChI is InChI=1S/C21H23N3O/c22-14-17-1-3-18(4-2-17)15-23-8-10-24(11-9-23)16-19-5-6-21-20(13-19)7-12-25-21/h1-6,13H,7-12,15-16H2. The Labute approximate surface area is 149 Å². The highest BCUT2D eigenvalue weighted by Gasteiger charge is 2.18. The van der Waals surface area contributed by atoms with Gasteiger partial charge in [0.25, 0.3) is 0 Å². The van der Waals surface area contributed by atoms with E-state index < -0.39 is 0 Å². The maximum atomic E-state index is 8.88. The number of benzene rings is 2. The maximum Gasteiger partial charge on any atom is 0.122 e. The SMILES string of the molecule is N#Cc1ccc(CN2CCN(Cc3ccc4c(c3)CCO4)CC2)cc1. The van der Waals surface area contributed by atoms with E-state index in [-0.39, 0.29) is 0 Å². The highest BCUT2D eigenvalue weighted by Crippen LogP contribution is 2.26. The number of hydrogen-bond donors (Lipinski definition) is 0. The predicted octanol–water partition coefficient (Wildman–Crippen LogP) is 2.81. The molecule has 1 saturated heterocycles. The molecule has 4 nitrogen and oxygen atoms in total. The number of fused-ring (bicyclic) bond motifs is 1. The molecule has 0 radical (unpaired) electrons. The molecule has 0 spiro atoms. The van der Waals surface area contributed by atoms with E-state index in [2.05, 4.69) is 46.2 Å². The second-order valence-corrected chi connectivity index (χ2v) is 6.90. The lowest BCUT2D eigenvalue weighted by atomic mass is 10.1. The van der Waals surface area contributed by atoms with Crippen molar-refractivity contribution in [1.29, 1.82) is 5.26 Å². The van der Waals surface area contributed by atoms with E-state index in [9.17, 15) is 0 Å². The monoisotopic (exact) mass is 333 g/mol. The van der Waals surface area contributed by atoms with Crippen LogP contribution < -0.4 is 4.74 Å². The van der Waals surface area contributed by atoms with Gasteiger partial charge in [0.1, 0.15) is 5.75 Å². The average Bonchev–Trinajstić information content (AvgIpc) is 3.12. The maximum absolute atomic E-state index is 8.88. The molecule has 0 saturated carbocycles. The second-order valence-electron chi connectivity index (χ2n) is 6.90. The van der Waals surface area contributed by atoms with Gasteiger partial charge in [0.05, 0.1) is 18.2 Å². The molecule has 0 atom stereocenters. The number of nitrogens with zero attached hydrogens (tertiary/aromatic N) is 3. The molecule has 0 aromatic heterocycles. The Bertz CT molecular complexity index is 771. The van der Waals surface area contributed by atoms with Gasteiger partial charge in [0, 0.05) is 45.7 Å². The van der Waals surface area contributed by atoms with Crippen molar-refractivity contribution in [2.75, 3.05) is 32.8 Å². The minimum absolute atomic E-state index is 0.730. The van der Waals surface area contributed by atoms with Crippen molar-refractivity contribution < 1.29 is 4.74 Å². The molecule has 0 unspecified atom stereocenters. The van der Waals surface area contributed by atoms with Gasteiger partial charge in [-0.15, -0.1) is 0 Å². The molecular formula is C21H23N3O. The summed E-state index contributed by atoms with van der Waals surface area (Å²) < 4.78 is 5.59. The first kappa shape index (κ1) is 16.1. The van der Waals surface area contributed by atoms with E-state index >= 15 is 0 Å². The van der Waals surface area contributed by atoms with Crippen molar-refractivity contribution in [2.45, 2.75) is 19.5 Å². The van der Waals surface area contributed by atoms with E-state index in [1.165, 1.54) is 16.7 Å². The number of hydrogen-bond acceptors (Lipinski definition) is 4. The summed E-state index contributed by atoms with van der Waals surface area (Å²) in [6, 6.07) is 16.8. The zero-order chi connectivity index (χ0) is 17.1. The van der Waals surface area contributed by atoms with E-state index in [0.29, 0.717) is 0 Å². The van der Waals surface area contributed by atoms with Crippen molar-refractivity contribution in [3.63, 3.8) is 0 Å². The molecule has 2 aromatic rings. The van der Waals surface area contributed by atoms with Crippen molar-refractivity contribution in [3.8, 4) is 11.8 Å². The summed E-state index contributed by atoms with van der Waals surface area (Å²) in [6.45, 7) is 7.20. The molecule has 2 aromatic carbocycles. The van der Waals surface area contributed by atoms with Crippen LogP contribution in [0, 0.1) is 11.3 Å². The van der Waals surface area contributed by atoms with Crippen molar-refractivity contribution in [2.24, 2.45) is 0 Å². The smallest absolute Gasteiger partial charge is 0.122 e.